The van der Waals surface area contributed by atoms with Crippen molar-refractivity contribution in [1.29, 1.82) is 0 Å². The van der Waals surface area contributed by atoms with E-state index in [2.05, 4.69) is 5.32 Å². The molecule has 1 aromatic carbocycles. The lowest BCUT2D eigenvalue weighted by Crippen LogP contribution is -2.33. The van der Waals surface area contributed by atoms with Gasteiger partial charge in [0.25, 0.3) is 0 Å². The summed E-state index contributed by atoms with van der Waals surface area (Å²) < 4.78 is 5.34. The van der Waals surface area contributed by atoms with E-state index in [9.17, 15) is 4.79 Å². The summed E-state index contributed by atoms with van der Waals surface area (Å²) in [6.07, 6.45) is 0. The summed E-state index contributed by atoms with van der Waals surface area (Å²) in [6.45, 7) is 0.461. The molecule has 13 heavy (non-hydrogen) atoms. The molecule has 1 unspecified atom stereocenters. The van der Waals surface area contributed by atoms with Crippen LogP contribution >= 0.6 is 0 Å². The molecule has 0 fully saturated rings. The summed E-state index contributed by atoms with van der Waals surface area (Å²) >= 11 is 0. The normalized spacial score (nSPS) is 18.9. The van der Waals surface area contributed by atoms with Gasteiger partial charge in [0.2, 0.25) is 0 Å². The monoisotopic (exact) mass is 178 g/mol. The maximum absolute atomic E-state index is 10.6. The first kappa shape index (κ1) is 7.91. The molecule has 0 saturated carbocycles. The number of primary amides is 1. The first-order chi connectivity index (χ1) is 6.27. The summed E-state index contributed by atoms with van der Waals surface area (Å²) in [5.74, 6) is 0.821. The smallest absolute Gasteiger partial charge is 0.312 e. The summed E-state index contributed by atoms with van der Waals surface area (Å²) in [5.41, 5.74) is 6.01. The third-order valence-corrected chi connectivity index (χ3v) is 2.02. The molecule has 0 spiro atoms. The fraction of sp³-hybridized carbons (Fsp3) is 0.222. The van der Waals surface area contributed by atoms with E-state index in [-0.39, 0.29) is 6.04 Å². The number of carbonyl (C=O) groups excluding carboxylic acids is 1. The van der Waals surface area contributed by atoms with Gasteiger partial charge in [0.1, 0.15) is 12.4 Å². The Balaban J connectivity index is 2.23. The molecule has 2 amide bonds. The minimum Gasteiger partial charge on any atom is -0.491 e. The number of hydrogen-bond acceptors (Lipinski definition) is 2. The first-order valence-corrected chi connectivity index (χ1v) is 4.05. The summed E-state index contributed by atoms with van der Waals surface area (Å²) in [6, 6.07) is 6.97. The maximum atomic E-state index is 10.6. The van der Waals surface area contributed by atoms with Gasteiger partial charge in [-0.05, 0) is 6.07 Å². The second-order valence-electron chi connectivity index (χ2n) is 2.91. The van der Waals surface area contributed by atoms with Crippen LogP contribution in [0.15, 0.2) is 24.3 Å². The molecule has 1 aliphatic heterocycles. The molecule has 1 heterocycles. The molecular formula is C9H10N2O2. The minimum atomic E-state index is -0.523. The zero-order valence-electron chi connectivity index (χ0n) is 6.99. The highest BCUT2D eigenvalue weighted by Crippen LogP contribution is 2.31. The van der Waals surface area contributed by atoms with Crippen LogP contribution in [0.2, 0.25) is 0 Å². The third-order valence-electron chi connectivity index (χ3n) is 2.02. The highest BCUT2D eigenvalue weighted by molar-refractivity contribution is 5.72. The predicted molar refractivity (Wildman–Crippen MR) is 47.4 cm³/mol. The van der Waals surface area contributed by atoms with Crippen LogP contribution in [-0.4, -0.2) is 12.6 Å². The van der Waals surface area contributed by atoms with Crippen molar-refractivity contribution in [2.24, 2.45) is 5.73 Å². The van der Waals surface area contributed by atoms with Crippen molar-refractivity contribution in [2.45, 2.75) is 6.04 Å². The Morgan fingerprint density at radius 3 is 3.08 bits per heavy atom. The number of benzene rings is 1. The van der Waals surface area contributed by atoms with Crippen LogP contribution in [0.4, 0.5) is 4.79 Å². The molecule has 0 aromatic heterocycles. The number of hydrogen-bond donors (Lipinski definition) is 2. The van der Waals surface area contributed by atoms with Gasteiger partial charge in [0, 0.05) is 5.56 Å². The van der Waals surface area contributed by atoms with Crippen LogP contribution in [0.25, 0.3) is 0 Å². The van der Waals surface area contributed by atoms with Crippen LogP contribution in [0.5, 0.6) is 5.75 Å². The Bertz CT molecular complexity index is 338. The predicted octanol–water partition coefficient (Wildman–Crippen LogP) is 0.788. The molecule has 0 saturated heterocycles. The summed E-state index contributed by atoms with van der Waals surface area (Å²) in [7, 11) is 0. The van der Waals surface area contributed by atoms with E-state index in [1.54, 1.807) is 0 Å². The number of fused-ring (bicyclic) bond motifs is 1. The SMILES string of the molecule is NC(=O)NC1COc2ccccc21. The van der Waals surface area contributed by atoms with E-state index in [1.165, 1.54) is 0 Å². The van der Waals surface area contributed by atoms with Gasteiger partial charge in [-0.3, -0.25) is 0 Å². The van der Waals surface area contributed by atoms with Gasteiger partial charge >= 0.3 is 6.03 Å². The summed E-state index contributed by atoms with van der Waals surface area (Å²) in [4.78, 5) is 10.6. The Morgan fingerprint density at radius 2 is 2.31 bits per heavy atom. The van der Waals surface area contributed by atoms with Crippen molar-refractivity contribution in [3.63, 3.8) is 0 Å². The molecule has 0 radical (unpaired) electrons. The second kappa shape index (κ2) is 2.97. The number of nitrogens with one attached hydrogen (secondary N) is 1. The van der Waals surface area contributed by atoms with Crippen LogP contribution in [0.3, 0.4) is 0 Å². The number of urea groups is 1. The van der Waals surface area contributed by atoms with Crippen molar-refractivity contribution in [2.75, 3.05) is 6.61 Å². The van der Waals surface area contributed by atoms with Crippen molar-refractivity contribution in [3.8, 4) is 5.75 Å². The fourth-order valence-electron chi connectivity index (χ4n) is 1.45. The van der Waals surface area contributed by atoms with Gasteiger partial charge in [-0.2, -0.15) is 0 Å². The molecule has 1 aliphatic rings. The molecule has 1 atom stereocenters. The number of carbonyl (C=O) groups is 1. The minimum absolute atomic E-state index is 0.103. The van der Waals surface area contributed by atoms with Crippen LogP contribution in [-0.2, 0) is 0 Å². The Labute approximate surface area is 75.7 Å². The maximum Gasteiger partial charge on any atom is 0.312 e. The number of amides is 2. The van der Waals surface area contributed by atoms with Gasteiger partial charge in [-0.25, -0.2) is 4.79 Å². The Hall–Kier alpha value is -1.71. The van der Waals surface area contributed by atoms with Crippen molar-refractivity contribution in [3.05, 3.63) is 29.8 Å². The van der Waals surface area contributed by atoms with E-state index in [0.717, 1.165) is 11.3 Å². The van der Waals surface area contributed by atoms with E-state index in [4.69, 9.17) is 10.5 Å². The zero-order valence-corrected chi connectivity index (χ0v) is 6.99. The Morgan fingerprint density at radius 1 is 1.54 bits per heavy atom. The quantitative estimate of drug-likeness (QED) is 0.667. The highest BCUT2D eigenvalue weighted by atomic mass is 16.5. The van der Waals surface area contributed by atoms with Gasteiger partial charge in [-0.15, -0.1) is 0 Å². The number of ether oxygens (including phenoxy) is 1. The van der Waals surface area contributed by atoms with Crippen molar-refractivity contribution in [1.82, 2.24) is 5.32 Å². The molecule has 68 valence electrons. The second-order valence-corrected chi connectivity index (χ2v) is 2.91. The standard InChI is InChI=1S/C9H10N2O2/c10-9(12)11-7-5-13-8-4-2-1-3-6(7)8/h1-4,7H,5H2,(H3,10,11,12). The van der Waals surface area contributed by atoms with Crippen molar-refractivity contribution >= 4 is 6.03 Å². The third kappa shape index (κ3) is 1.42. The van der Waals surface area contributed by atoms with Crippen molar-refractivity contribution < 1.29 is 9.53 Å². The molecule has 3 N–H and O–H groups in total. The zero-order chi connectivity index (χ0) is 9.26. The van der Waals surface area contributed by atoms with Crippen LogP contribution < -0.4 is 15.8 Å². The average Bonchev–Trinajstić information content (AvgIpc) is 2.48. The lowest BCUT2D eigenvalue weighted by atomic mass is 10.1. The van der Waals surface area contributed by atoms with Gasteiger partial charge in [-0.1, -0.05) is 18.2 Å². The van der Waals surface area contributed by atoms with Gasteiger partial charge < -0.3 is 15.8 Å². The topological polar surface area (TPSA) is 64.4 Å². The fourth-order valence-corrected chi connectivity index (χ4v) is 1.45. The molecule has 4 nitrogen and oxygen atoms in total. The first-order valence-electron chi connectivity index (χ1n) is 4.05. The molecule has 0 aliphatic carbocycles. The molecular weight excluding hydrogens is 168 g/mol. The Kier molecular flexibility index (Phi) is 1.81. The number of para-hydroxylation sites is 1. The largest absolute Gasteiger partial charge is 0.491 e. The van der Waals surface area contributed by atoms with E-state index in [1.807, 2.05) is 24.3 Å². The molecule has 4 heteroatoms. The lowest BCUT2D eigenvalue weighted by molar-refractivity contribution is 0.240. The average molecular weight is 178 g/mol. The van der Waals surface area contributed by atoms with E-state index in [0.29, 0.717) is 6.61 Å². The van der Waals surface area contributed by atoms with E-state index < -0.39 is 6.03 Å². The van der Waals surface area contributed by atoms with E-state index >= 15 is 0 Å². The van der Waals surface area contributed by atoms with Gasteiger partial charge in [0.15, 0.2) is 0 Å². The van der Waals surface area contributed by atoms with Gasteiger partial charge in [0.05, 0.1) is 6.04 Å². The molecule has 2 rings (SSSR count). The lowest BCUT2D eigenvalue weighted by Gasteiger charge is -2.08. The highest BCUT2D eigenvalue weighted by Gasteiger charge is 2.23. The van der Waals surface area contributed by atoms with Crippen LogP contribution in [0, 0.1) is 0 Å². The molecule has 1 aromatic rings. The number of rotatable bonds is 1. The van der Waals surface area contributed by atoms with Crippen LogP contribution in [0.1, 0.15) is 11.6 Å². The summed E-state index contributed by atoms with van der Waals surface area (Å²) in [5, 5.41) is 2.61. The number of nitrogens with two attached hydrogens (primary N) is 1. The molecule has 0 bridgehead atoms.